The lowest BCUT2D eigenvalue weighted by Gasteiger charge is -2.30. The van der Waals surface area contributed by atoms with Crippen molar-refractivity contribution in [2.24, 2.45) is 0 Å². The van der Waals surface area contributed by atoms with Crippen molar-refractivity contribution in [3.05, 3.63) is 41.7 Å². The number of rotatable bonds is 4. The smallest absolute Gasteiger partial charge is 0.273 e. The largest absolute Gasteiger partial charge is 0.339 e. The predicted molar refractivity (Wildman–Crippen MR) is 102 cm³/mol. The van der Waals surface area contributed by atoms with E-state index in [2.05, 4.69) is 35.9 Å². The molecule has 3 heterocycles. The second-order valence-electron chi connectivity index (χ2n) is 6.50. The van der Waals surface area contributed by atoms with Gasteiger partial charge in [-0.05, 0) is 20.0 Å². The molecule has 3 aromatic rings. The van der Waals surface area contributed by atoms with Crippen LogP contribution in [0.2, 0.25) is 0 Å². The van der Waals surface area contributed by atoms with Crippen molar-refractivity contribution in [2.75, 3.05) is 26.7 Å². The molecule has 1 saturated heterocycles. The molecule has 2 aromatic heterocycles. The van der Waals surface area contributed by atoms with E-state index in [-0.39, 0.29) is 24.4 Å². The Morgan fingerprint density at radius 2 is 2.22 bits per heavy atom. The lowest BCUT2D eigenvalue weighted by molar-refractivity contribution is 0.0929. The Hall–Kier alpha value is -2.49. The van der Waals surface area contributed by atoms with Gasteiger partial charge in [0.25, 0.3) is 5.91 Å². The SMILES string of the molecule is CC(NC(=O)c1n[nH]c2ccccc12)c1nc(C2CNCCN2C)no1.Cl. The summed E-state index contributed by atoms with van der Waals surface area (Å²) in [5, 5.41) is 18.0. The van der Waals surface area contributed by atoms with Crippen LogP contribution in [0.15, 0.2) is 28.8 Å². The van der Waals surface area contributed by atoms with Gasteiger partial charge in [0.05, 0.1) is 11.6 Å². The molecule has 0 aliphatic carbocycles. The lowest BCUT2D eigenvalue weighted by Crippen LogP contribution is -2.44. The van der Waals surface area contributed by atoms with Crippen molar-refractivity contribution < 1.29 is 9.32 Å². The maximum Gasteiger partial charge on any atom is 0.273 e. The van der Waals surface area contributed by atoms with Crippen LogP contribution in [0.3, 0.4) is 0 Å². The zero-order chi connectivity index (χ0) is 18.1. The van der Waals surface area contributed by atoms with Crippen molar-refractivity contribution in [1.82, 2.24) is 35.9 Å². The minimum absolute atomic E-state index is 0. The number of benzene rings is 1. The summed E-state index contributed by atoms with van der Waals surface area (Å²) in [5.74, 6) is 0.722. The Bertz CT molecular complexity index is 925. The molecule has 1 aliphatic heterocycles. The Labute approximate surface area is 162 Å². The summed E-state index contributed by atoms with van der Waals surface area (Å²) in [4.78, 5) is 19.2. The van der Waals surface area contributed by atoms with E-state index in [4.69, 9.17) is 4.52 Å². The van der Waals surface area contributed by atoms with Crippen LogP contribution in [-0.4, -0.2) is 57.8 Å². The maximum atomic E-state index is 12.6. The highest BCUT2D eigenvalue weighted by Crippen LogP contribution is 2.21. The van der Waals surface area contributed by atoms with Crippen LogP contribution in [0, 0.1) is 0 Å². The first kappa shape index (κ1) is 19.3. The molecule has 1 aromatic carbocycles. The zero-order valence-electron chi connectivity index (χ0n) is 15.1. The highest BCUT2D eigenvalue weighted by molar-refractivity contribution is 6.04. The Morgan fingerprint density at radius 1 is 1.41 bits per heavy atom. The van der Waals surface area contributed by atoms with Gasteiger partial charge in [0.1, 0.15) is 6.04 Å². The molecule has 1 aliphatic rings. The summed E-state index contributed by atoms with van der Waals surface area (Å²) in [5.41, 5.74) is 1.17. The molecule has 2 atom stereocenters. The maximum absolute atomic E-state index is 12.6. The molecule has 0 spiro atoms. The van der Waals surface area contributed by atoms with Crippen LogP contribution in [0.1, 0.15) is 41.2 Å². The summed E-state index contributed by atoms with van der Waals surface area (Å²) in [6.45, 7) is 4.46. The van der Waals surface area contributed by atoms with Crippen molar-refractivity contribution >= 4 is 29.2 Å². The van der Waals surface area contributed by atoms with E-state index >= 15 is 0 Å². The quantitative estimate of drug-likeness (QED) is 0.616. The molecule has 1 fully saturated rings. The molecule has 4 rings (SSSR count). The molecule has 27 heavy (non-hydrogen) atoms. The summed E-state index contributed by atoms with van der Waals surface area (Å²) >= 11 is 0. The fraction of sp³-hybridized carbons (Fsp3) is 0.412. The number of aromatic nitrogens is 4. The van der Waals surface area contributed by atoms with Crippen LogP contribution < -0.4 is 10.6 Å². The fourth-order valence-electron chi connectivity index (χ4n) is 3.12. The number of piperazine rings is 1. The van der Waals surface area contributed by atoms with E-state index in [1.807, 2.05) is 38.2 Å². The number of aromatic amines is 1. The number of para-hydroxylation sites is 1. The standard InChI is InChI=1S/C17H21N7O2.ClH/c1-10(17-20-15(23-26-17)13-9-18-7-8-24(13)2)19-16(25)14-11-5-3-4-6-12(11)21-22-14;/h3-6,10,13,18H,7-9H2,1-2H3,(H,19,25)(H,21,22);1H. The fourth-order valence-corrected chi connectivity index (χ4v) is 3.12. The first-order valence-corrected chi connectivity index (χ1v) is 8.62. The van der Waals surface area contributed by atoms with Gasteiger partial charge < -0.3 is 15.2 Å². The summed E-state index contributed by atoms with van der Waals surface area (Å²) < 4.78 is 5.38. The van der Waals surface area contributed by atoms with Gasteiger partial charge >= 0.3 is 0 Å². The summed E-state index contributed by atoms with van der Waals surface area (Å²) in [6.07, 6.45) is 0. The highest BCUT2D eigenvalue weighted by Gasteiger charge is 2.27. The van der Waals surface area contributed by atoms with E-state index in [0.717, 1.165) is 30.5 Å². The number of H-pyrrole nitrogens is 1. The van der Waals surface area contributed by atoms with Crippen molar-refractivity contribution in [3.63, 3.8) is 0 Å². The number of carbonyl (C=O) groups is 1. The number of nitrogens with zero attached hydrogens (tertiary/aromatic N) is 4. The van der Waals surface area contributed by atoms with Crippen molar-refractivity contribution in [1.29, 1.82) is 0 Å². The number of halogens is 1. The topological polar surface area (TPSA) is 112 Å². The third-order valence-electron chi connectivity index (χ3n) is 4.67. The third kappa shape index (κ3) is 3.80. The second kappa shape index (κ2) is 8.03. The van der Waals surface area contributed by atoms with Gasteiger partial charge in [0, 0.05) is 25.0 Å². The highest BCUT2D eigenvalue weighted by atomic mass is 35.5. The van der Waals surface area contributed by atoms with Gasteiger partial charge in [-0.25, -0.2) is 0 Å². The summed E-state index contributed by atoms with van der Waals surface area (Å²) in [6, 6.07) is 7.15. The van der Waals surface area contributed by atoms with E-state index in [0.29, 0.717) is 17.4 Å². The van der Waals surface area contributed by atoms with E-state index in [1.165, 1.54) is 0 Å². The number of nitrogens with one attached hydrogen (secondary N) is 3. The molecule has 10 heteroatoms. The summed E-state index contributed by atoms with van der Waals surface area (Å²) in [7, 11) is 2.04. The van der Waals surface area contributed by atoms with E-state index in [1.54, 1.807) is 0 Å². The molecule has 0 radical (unpaired) electrons. The van der Waals surface area contributed by atoms with Gasteiger partial charge in [-0.3, -0.25) is 14.8 Å². The van der Waals surface area contributed by atoms with Gasteiger partial charge in [-0.15, -0.1) is 12.4 Å². The Balaban J connectivity index is 0.00000210. The van der Waals surface area contributed by atoms with Crippen LogP contribution in [0.5, 0.6) is 0 Å². The number of fused-ring (bicyclic) bond motifs is 1. The number of hydrogen-bond acceptors (Lipinski definition) is 7. The normalized spacial score (nSPS) is 18.8. The van der Waals surface area contributed by atoms with Crippen molar-refractivity contribution in [3.8, 4) is 0 Å². The first-order valence-electron chi connectivity index (χ1n) is 8.62. The van der Waals surface area contributed by atoms with Gasteiger partial charge in [0.2, 0.25) is 5.89 Å². The molecule has 0 saturated carbocycles. The first-order chi connectivity index (χ1) is 12.6. The van der Waals surface area contributed by atoms with Crippen molar-refractivity contribution in [2.45, 2.75) is 19.0 Å². The minimum Gasteiger partial charge on any atom is -0.339 e. The van der Waals surface area contributed by atoms with Gasteiger partial charge in [-0.2, -0.15) is 10.1 Å². The minimum atomic E-state index is -0.416. The Morgan fingerprint density at radius 3 is 3.04 bits per heavy atom. The molecule has 144 valence electrons. The number of likely N-dealkylation sites (N-methyl/N-ethyl adjacent to an activating group) is 1. The molecule has 3 N–H and O–H groups in total. The molecular formula is C17H22ClN7O2. The van der Waals surface area contributed by atoms with Crippen LogP contribution in [-0.2, 0) is 0 Å². The average molecular weight is 392 g/mol. The number of hydrogen-bond donors (Lipinski definition) is 3. The van der Waals surface area contributed by atoms with Crippen LogP contribution in [0.4, 0.5) is 0 Å². The average Bonchev–Trinajstić information content (AvgIpc) is 3.29. The molecule has 9 nitrogen and oxygen atoms in total. The predicted octanol–water partition coefficient (Wildman–Crippen LogP) is 1.43. The molecule has 0 bridgehead atoms. The van der Waals surface area contributed by atoms with Gasteiger partial charge in [0.15, 0.2) is 11.5 Å². The third-order valence-corrected chi connectivity index (χ3v) is 4.67. The van der Waals surface area contributed by atoms with E-state index in [9.17, 15) is 4.79 Å². The molecule has 2 unspecified atom stereocenters. The van der Waals surface area contributed by atoms with Crippen LogP contribution in [0.25, 0.3) is 10.9 Å². The lowest BCUT2D eigenvalue weighted by atomic mass is 10.2. The van der Waals surface area contributed by atoms with Crippen LogP contribution >= 0.6 is 12.4 Å². The zero-order valence-corrected chi connectivity index (χ0v) is 15.9. The monoisotopic (exact) mass is 391 g/mol. The molecule has 1 amide bonds. The Kier molecular flexibility index (Phi) is 5.73. The number of amides is 1. The second-order valence-corrected chi connectivity index (χ2v) is 6.50. The van der Waals surface area contributed by atoms with E-state index < -0.39 is 6.04 Å². The van der Waals surface area contributed by atoms with Gasteiger partial charge in [-0.1, -0.05) is 23.4 Å². The molecular weight excluding hydrogens is 370 g/mol. The number of carbonyl (C=O) groups excluding carboxylic acids is 1.